The molecule has 1 heterocycles. The van der Waals surface area contributed by atoms with Crippen LogP contribution >= 0.6 is 0 Å². The van der Waals surface area contributed by atoms with Crippen LogP contribution in [0.5, 0.6) is 0 Å². The van der Waals surface area contributed by atoms with E-state index in [1.165, 1.54) is 0 Å². The number of hydrogen-bond donors (Lipinski definition) is 0. The fourth-order valence-corrected chi connectivity index (χ4v) is 2.54. The molecule has 1 saturated heterocycles. The van der Waals surface area contributed by atoms with Crippen molar-refractivity contribution in [2.24, 2.45) is 4.99 Å². The third-order valence-corrected chi connectivity index (χ3v) is 4.43. The summed E-state index contributed by atoms with van der Waals surface area (Å²) in [6.45, 7) is 8.06. The highest BCUT2D eigenvalue weighted by Crippen LogP contribution is 2.40. The average molecular weight is 287 g/mol. The Bertz CT molecular complexity index is 528. The van der Waals surface area contributed by atoms with E-state index in [-0.39, 0.29) is 13.2 Å². The van der Waals surface area contributed by atoms with Crippen LogP contribution in [-0.4, -0.2) is 30.4 Å². The Balaban J connectivity index is 2.10. The first kappa shape index (κ1) is 16.0. The summed E-state index contributed by atoms with van der Waals surface area (Å²) in [4.78, 5) is 14.0. The molecule has 2 unspecified atom stereocenters. The zero-order chi connectivity index (χ0) is 15.5. The molecule has 0 radical (unpaired) electrons. The van der Waals surface area contributed by atoms with Crippen LogP contribution in [0.4, 0.5) is 0 Å². The summed E-state index contributed by atoms with van der Waals surface area (Å²) in [7, 11) is -0.351. The first-order chi connectivity index (χ1) is 9.88. The quantitative estimate of drug-likeness (QED) is 0.475. The molecule has 0 saturated carbocycles. The lowest BCUT2D eigenvalue weighted by Gasteiger charge is -2.36. The summed E-state index contributed by atoms with van der Waals surface area (Å²) in [6.07, 6.45) is 3.15. The molecular formula is C16H22BNO3. The van der Waals surface area contributed by atoms with Gasteiger partial charge in [0.1, 0.15) is 0 Å². The molecule has 1 aromatic rings. The van der Waals surface area contributed by atoms with E-state index in [2.05, 4.69) is 11.9 Å². The van der Waals surface area contributed by atoms with Crippen molar-refractivity contribution < 1.29 is 14.1 Å². The Hall–Kier alpha value is -1.42. The highest BCUT2D eigenvalue weighted by molar-refractivity contribution is 6.62. The normalized spacial score (nSPS) is 25.4. The van der Waals surface area contributed by atoms with Gasteiger partial charge in [-0.05, 0) is 46.0 Å². The number of rotatable bonds is 5. The van der Waals surface area contributed by atoms with E-state index in [1.54, 1.807) is 6.08 Å². The van der Waals surface area contributed by atoms with Gasteiger partial charge in [0.25, 0.3) is 0 Å². The van der Waals surface area contributed by atoms with Gasteiger partial charge in [-0.3, -0.25) is 0 Å². The lowest BCUT2D eigenvalue weighted by Crippen LogP contribution is -2.45. The minimum atomic E-state index is -0.416. The maximum Gasteiger partial charge on any atom is 0.494 e. The van der Waals surface area contributed by atoms with Crippen molar-refractivity contribution in [3.05, 3.63) is 30.3 Å². The van der Waals surface area contributed by atoms with Gasteiger partial charge in [0.2, 0.25) is 6.08 Å². The molecule has 0 aromatic heterocycles. The predicted molar refractivity (Wildman–Crippen MR) is 83.3 cm³/mol. The Morgan fingerprint density at radius 2 is 1.90 bits per heavy atom. The molecule has 0 N–H and O–H groups in total. The van der Waals surface area contributed by atoms with E-state index in [9.17, 15) is 4.79 Å². The van der Waals surface area contributed by atoms with Crippen molar-refractivity contribution in [1.29, 1.82) is 0 Å². The van der Waals surface area contributed by atoms with Crippen LogP contribution in [0.25, 0.3) is 0 Å². The van der Waals surface area contributed by atoms with Gasteiger partial charge in [-0.2, -0.15) is 0 Å². The van der Waals surface area contributed by atoms with Crippen molar-refractivity contribution in [3.63, 3.8) is 0 Å². The fraction of sp³-hybridized carbons (Fsp3) is 0.562. The van der Waals surface area contributed by atoms with Gasteiger partial charge in [-0.15, -0.1) is 0 Å². The molecule has 5 heteroatoms. The van der Waals surface area contributed by atoms with Crippen molar-refractivity contribution in [1.82, 2.24) is 0 Å². The summed E-state index contributed by atoms with van der Waals surface area (Å²) in [5.74, 6) is 0. The number of aliphatic imine (C=N–C) groups is 1. The first-order valence-corrected chi connectivity index (χ1v) is 7.35. The van der Waals surface area contributed by atoms with Crippen LogP contribution in [0.2, 0.25) is 0 Å². The Morgan fingerprint density at radius 3 is 2.52 bits per heavy atom. The van der Waals surface area contributed by atoms with Crippen molar-refractivity contribution >= 4 is 18.7 Å². The van der Waals surface area contributed by atoms with Crippen LogP contribution in [-0.2, 0) is 14.1 Å². The zero-order valence-corrected chi connectivity index (χ0v) is 13.1. The summed E-state index contributed by atoms with van der Waals surface area (Å²) in [5.41, 5.74) is 0.200. The van der Waals surface area contributed by atoms with Gasteiger partial charge in [-0.1, -0.05) is 30.3 Å². The Morgan fingerprint density at radius 1 is 1.24 bits per heavy atom. The van der Waals surface area contributed by atoms with E-state index in [0.717, 1.165) is 18.3 Å². The van der Waals surface area contributed by atoms with Crippen LogP contribution < -0.4 is 5.46 Å². The van der Waals surface area contributed by atoms with Crippen LogP contribution in [0.3, 0.4) is 0 Å². The molecule has 1 aliphatic heterocycles. The molecule has 4 nitrogen and oxygen atoms in total. The van der Waals surface area contributed by atoms with Crippen LogP contribution in [0, 0.1) is 0 Å². The zero-order valence-electron chi connectivity index (χ0n) is 13.1. The third-order valence-electron chi connectivity index (χ3n) is 4.43. The molecule has 112 valence electrons. The van der Waals surface area contributed by atoms with E-state index in [4.69, 9.17) is 9.31 Å². The van der Waals surface area contributed by atoms with Crippen molar-refractivity contribution in [2.45, 2.75) is 57.8 Å². The largest absolute Gasteiger partial charge is 0.494 e. The van der Waals surface area contributed by atoms with Crippen molar-refractivity contribution in [2.75, 3.05) is 0 Å². The lowest BCUT2D eigenvalue weighted by molar-refractivity contribution is -0.0176. The molecule has 1 aromatic carbocycles. The number of nitrogens with zero attached hydrogens (tertiary/aromatic N) is 1. The van der Waals surface area contributed by atoms with Gasteiger partial charge >= 0.3 is 7.12 Å². The van der Waals surface area contributed by atoms with E-state index < -0.39 is 11.2 Å². The van der Waals surface area contributed by atoms with E-state index in [0.29, 0.717) is 0 Å². The smallest absolute Gasteiger partial charge is 0.399 e. The maximum absolute atomic E-state index is 10.3. The first-order valence-electron chi connectivity index (χ1n) is 7.35. The second-order valence-electron chi connectivity index (χ2n) is 6.33. The molecule has 1 aliphatic rings. The van der Waals surface area contributed by atoms with Gasteiger partial charge in [0.15, 0.2) is 0 Å². The van der Waals surface area contributed by atoms with Crippen LogP contribution in [0.15, 0.2) is 35.3 Å². The molecule has 0 aliphatic carbocycles. The molecule has 0 amide bonds. The summed E-state index contributed by atoms with van der Waals surface area (Å²) in [5, 5.41) is 0. The third kappa shape index (κ3) is 3.43. The van der Waals surface area contributed by atoms with Crippen molar-refractivity contribution in [3.8, 4) is 0 Å². The van der Waals surface area contributed by atoms with Gasteiger partial charge in [0.05, 0.1) is 17.2 Å². The molecular weight excluding hydrogens is 265 g/mol. The highest BCUT2D eigenvalue weighted by Gasteiger charge is 2.54. The summed E-state index contributed by atoms with van der Waals surface area (Å²) < 4.78 is 12.3. The monoisotopic (exact) mass is 287 g/mol. The number of carbonyl (C=O) groups excluding carboxylic acids is 1. The number of isocyanates is 1. The number of benzene rings is 1. The standard InChI is InChI=1S/C16H22BNO3/c1-13(18-12-19)10-11-16(4)15(2,3)20-17(21-16)14-8-6-5-7-9-14/h5-9,13H,10-11H2,1-4H3. The minimum Gasteiger partial charge on any atom is -0.399 e. The second kappa shape index (κ2) is 6.14. The molecule has 21 heavy (non-hydrogen) atoms. The van der Waals surface area contributed by atoms with Crippen LogP contribution in [0.1, 0.15) is 40.5 Å². The Labute approximate surface area is 126 Å². The predicted octanol–water partition coefficient (Wildman–Crippen LogP) is 2.47. The molecule has 0 spiro atoms. The minimum absolute atomic E-state index is 0.0468. The second-order valence-corrected chi connectivity index (χ2v) is 6.33. The van der Waals surface area contributed by atoms with Gasteiger partial charge in [-0.25, -0.2) is 9.79 Å². The number of hydrogen-bond acceptors (Lipinski definition) is 4. The average Bonchev–Trinajstić information content (AvgIpc) is 2.69. The topological polar surface area (TPSA) is 47.9 Å². The molecule has 2 rings (SSSR count). The molecule has 1 fully saturated rings. The Kier molecular flexibility index (Phi) is 4.67. The van der Waals surface area contributed by atoms with E-state index >= 15 is 0 Å². The highest BCUT2D eigenvalue weighted by atomic mass is 16.7. The lowest BCUT2D eigenvalue weighted by atomic mass is 9.79. The van der Waals surface area contributed by atoms with E-state index in [1.807, 2.05) is 51.1 Å². The fourth-order valence-electron chi connectivity index (χ4n) is 2.54. The summed E-state index contributed by atoms with van der Waals surface area (Å²) in [6, 6.07) is 9.89. The SMILES string of the molecule is CC(CCC1(C)OB(c2ccccc2)OC1(C)C)N=C=O. The molecule has 2 atom stereocenters. The maximum atomic E-state index is 10.3. The summed E-state index contributed by atoms with van der Waals surface area (Å²) >= 11 is 0. The van der Waals surface area contributed by atoms with Gasteiger partial charge < -0.3 is 9.31 Å². The molecule has 0 bridgehead atoms. The van der Waals surface area contributed by atoms with Gasteiger partial charge in [0, 0.05) is 0 Å².